The molecule has 1 saturated heterocycles. The Kier molecular flexibility index (Phi) is 7.26. The fraction of sp³-hybridized carbons (Fsp3) is 0.450. The lowest BCUT2D eigenvalue weighted by Gasteiger charge is -2.30. The number of nitrogens with zero attached hydrogens (tertiary/aromatic N) is 1. The van der Waals surface area contributed by atoms with Crippen LogP contribution in [0.15, 0.2) is 36.4 Å². The standard InChI is InChI=1S/C20H26N2O3.ClH/c1-22(20(23)19(21)15-7-9-25-10-8-15)13-14-3-4-17-12-18(24-2)6-5-16(17)11-14;/h3-6,11-12,15,19H,7-10,13,21H2,1-2H3;1H. The van der Waals surface area contributed by atoms with Gasteiger partial charge in [-0.2, -0.15) is 0 Å². The number of ether oxygens (including phenoxy) is 2. The van der Waals surface area contributed by atoms with Crippen LogP contribution in [0.2, 0.25) is 0 Å². The molecule has 1 unspecified atom stereocenters. The van der Waals surface area contributed by atoms with E-state index in [1.807, 2.05) is 31.3 Å². The van der Waals surface area contributed by atoms with Gasteiger partial charge in [-0.05, 0) is 53.3 Å². The van der Waals surface area contributed by atoms with Crippen molar-refractivity contribution < 1.29 is 14.3 Å². The van der Waals surface area contributed by atoms with Crippen LogP contribution < -0.4 is 10.5 Å². The summed E-state index contributed by atoms with van der Waals surface area (Å²) >= 11 is 0. The Labute approximate surface area is 160 Å². The van der Waals surface area contributed by atoms with Gasteiger partial charge in [-0.25, -0.2) is 0 Å². The van der Waals surface area contributed by atoms with Crippen LogP contribution in [-0.4, -0.2) is 44.2 Å². The molecule has 1 aliphatic heterocycles. The molecule has 1 atom stereocenters. The van der Waals surface area contributed by atoms with Crippen LogP contribution in [0.1, 0.15) is 18.4 Å². The number of amides is 1. The van der Waals surface area contributed by atoms with Crippen molar-refractivity contribution in [3.8, 4) is 5.75 Å². The lowest BCUT2D eigenvalue weighted by molar-refractivity contribution is -0.133. The van der Waals surface area contributed by atoms with E-state index >= 15 is 0 Å². The molecule has 0 aromatic heterocycles. The first-order valence-corrected chi connectivity index (χ1v) is 8.73. The second-order valence-corrected chi connectivity index (χ2v) is 6.72. The van der Waals surface area contributed by atoms with Gasteiger partial charge in [0.2, 0.25) is 5.91 Å². The monoisotopic (exact) mass is 378 g/mol. The maximum Gasteiger partial charge on any atom is 0.239 e. The number of nitrogens with two attached hydrogens (primary N) is 1. The second kappa shape index (κ2) is 9.21. The molecule has 3 rings (SSSR count). The number of hydrogen-bond acceptors (Lipinski definition) is 4. The predicted molar refractivity (Wildman–Crippen MR) is 106 cm³/mol. The fourth-order valence-corrected chi connectivity index (χ4v) is 3.38. The molecule has 1 fully saturated rings. The number of methoxy groups -OCH3 is 1. The van der Waals surface area contributed by atoms with E-state index in [1.165, 1.54) is 0 Å². The van der Waals surface area contributed by atoms with Gasteiger partial charge < -0.3 is 20.1 Å². The van der Waals surface area contributed by atoms with Gasteiger partial charge in [-0.3, -0.25) is 4.79 Å². The number of carbonyl (C=O) groups is 1. The van der Waals surface area contributed by atoms with Gasteiger partial charge >= 0.3 is 0 Å². The van der Waals surface area contributed by atoms with E-state index in [1.54, 1.807) is 12.0 Å². The van der Waals surface area contributed by atoms with Crippen molar-refractivity contribution >= 4 is 29.1 Å². The molecule has 1 aliphatic rings. The number of rotatable bonds is 5. The van der Waals surface area contributed by atoms with Crippen LogP contribution >= 0.6 is 12.4 Å². The normalized spacial score (nSPS) is 16.0. The van der Waals surface area contributed by atoms with Crippen LogP contribution in [0.3, 0.4) is 0 Å². The van der Waals surface area contributed by atoms with E-state index in [0.717, 1.165) is 34.9 Å². The van der Waals surface area contributed by atoms with Crippen molar-refractivity contribution in [2.24, 2.45) is 11.7 Å². The summed E-state index contributed by atoms with van der Waals surface area (Å²) in [4.78, 5) is 14.4. The van der Waals surface area contributed by atoms with E-state index in [2.05, 4.69) is 12.1 Å². The minimum Gasteiger partial charge on any atom is -0.497 e. The van der Waals surface area contributed by atoms with Gasteiger partial charge in [0.05, 0.1) is 13.2 Å². The molecule has 0 bridgehead atoms. The maximum atomic E-state index is 12.6. The molecule has 26 heavy (non-hydrogen) atoms. The zero-order valence-corrected chi connectivity index (χ0v) is 16.1. The lowest BCUT2D eigenvalue weighted by Crippen LogP contribution is -2.47. The molecule has 0 aliphatic carbocycles. The summed E-state index contributed by atoms with van der Waals surface area (Å²) in [5.74, 6) is 1.06. The van der Waals surface area contributed by atoms with Crippen molar-refractivity contribution in [2.45, 2.75) is 25.4 Å². The molecule has 0 saturated carbocycles. The highest BCUT2D eigenvalue weighted by Crippen LogP contribution is 2.23. The summed E-state index contributed by atoms with van der Waals surface area (Å²) in [7, 11) is 3.48. The van der Waals surface area contributed by atoms with Crippen molar-refractivity contribution in [3.05, 3.63) is 42.0 Å². The molecule has 0 spiro atoms. The molecular formula is C20H27ClN2O3. The van der Waals surface area contributed by atoms with Crippen molar-refractivity contribution in [3.63, 3.8) is 0 Å². The molecule has 142 valence electrons. The van der Waals surface area contributed by atoms with E-state index in [4.69, 9.17) is 15.2 Å². The number of carbonyl (C=O) groups excluding carboxylic acids is 1. The average Bonchev–Trinajstić information content (AvgIpc) is 2.67. The third-order valence-electron chi connectivity index (χ3n) is 4.97. The van der Waals surface area contributed by atoms with E-state index in [9.17, 15) is 4.79 Å². The van der Waals surface area contributed by atoms with E-state index < -0.39 is 6.04 Å². The van der Waals surface area contributed by atoms with Crippen LogP contribution in [0.4, 0.5) is 0 Å². The number of hydrogen-bond donors (Lipinski definition) is 1. The second-order valence-electron chi connectivity index (χ2n) is 6.72. The number of likely N-dealkylation sites (N-methyl/N-ethyl adjacent to an activating group) is 1. The summed E-state index contributed by atoms with van der Waals surface area (Å²) in [6.07, 6.45) is 1.72. The number of halogens is 1. The summed E-state index contributed by atoms with van der Waals surface area (Å²) < 4.78 is 10.6. The Morgan fingerprint density at radius 1 is 1.23 bits per heavy atom. The summed E-state index contributed by atoms with van der Waals surface area (Å²) in [5, 5.41) is 2.25. The predicted octanol–water partition coefficient (Wildman–Crippen LogP) is 2.98. The minimum absolute atomic E-state index is 0. The first-order chi connectivity index (χ1) is 12.1. The Bertz CT molecular complexity index is 747. The van der Waals surface area contributed by atoms with Crippen LogP contribution in [-0.2, 0) is 16.1 Å². The molecule has 0 radical (unpaired) electrons. The SMILES string of the molecule is COc1ccc2cc(CN(C)C(=O)C(N)C3CCOCC3)ccc2c1.Cl. The van der Waals surface area contributed by atoms with Gasteiger partial charge in [0, 0.05) is 26.8 Å². The van der Waals surface area contributed by atoms with Gasteiger partial charge in [0.15, 0.2) is 0 Å². The van der Waals surface area contributed by atoms with Gasteiger partial charge in [-0.1, -0.05) is 18.2 Å². The molecular weight excluding hydrogens is 352 g/mol. The summed E-state index contributed by atoms with van der Waals surface area (Å²) in [6, 6.07) is 11.8. The highest BCUT2D eigenvalue weighted by atomic mass is 35.5. The average molecular weight is 379 g/mol. The largest absolute Gasteiger partial charge is 0.497 e. The Balaban J connectivity index is 0.00000243. The first kappa shape index (κ1) is 20.5. The van der Waals surface area contributed by atoms with Gasteiger partial charge in [0.25, 0.3) is 0 Å². The maximum absolute atomic E-state index is 12.6. The van der Waals surface area contributed by atoms with Crippen LogP contribution in [0.25, 0.3) is 10.8 Å². The topological polar surface area (TPSA) is 64.8 Å². The molecule has 2 aromatic rings. The van der Waals surface area contributed by atoms with Crippen molar-refractivity contribution in [1.82, 2.24) is 4.90 Å². The third-order valence-corrected chi connectivity index (χ3v) is 4.97. The van der Waals surface area contributed by atoms with Crippen LogP contribution in [0.5, 0.6) is 5.75 Å². The quantitative estimate of drug-likeness (QED) is 0.868. The third kappa shape index (κ3) is 4.67. The Morgan fingerprint density at radius 3 is 2.58 bits per heavy atom. The minimum atomic E-state index is -0.446. The Morgan fingerprint density at radius 2 is 1.88 bits per heavy atom. The molecule has 1 heterocycles. The molecule has 2 N–H and O–H groups in total. The first-order valence-electron chi connectivity index (χ1n) is 8.73. The zero-order chi connectivity index (χ0) is 17.8. The van der Waals surface area contributed by atoms with Crippen molar-refractivity contribution in [1.29, 1.82) is 0 Å². The number of fused-ring (bicyclic) bond motifs is 1. The number of benzene rings is 2. The molecule has 6 heteroatoms. The Hall–Kier alpha value is -1.82. The van der Waals surface area contributed by atoms with Gasteiger partial charge in [0.1, 0.15) is 5.75 Å². The fourth-order valence-electron chi connectivity index (χ4n) is 3.38. The summed E-state index contributed by atoms with van der Waals surface area (Å²) in [5.41, 5.74) is 7.30. The van der Waals surface area contributed by atoms with Gasteiger partial charge in [-0.15, -0.1) is 12.4 Å². The smallest absolute Gasteiger partial charge is 0.239 e. The van der Waals surface area contributed by atoms with Crippen molar-refractivity contribution in [2.75, 3.05) is 27.4 Å². The van der Waals surface area contributed by atoms with Crippen LogP contribution in [0, 0.1) is 5.92 Å². The van der Waals surface area contributed by atoms with E-state index in [0.29, 0.717) is 19.8 Å². The summed E-state index contributed by atoms with van der Waals surface area (Å²) in [6.45, 7) is 1.95. The molecule has 5 nitrogen and oxygen atoms in total. The molecule has 1 amide bonds. The lowest BCUT2D eigenvalue weighted by atomic mass is 9.91. The van der Waals surface area contributed by atoms with E-state index in [-0.39, 0.29) is 24.2 Å². The molecule has 2 aromatic carbocycles. The zero-order valence-electron chi connectivity index (χ0n) is 15.3. The highest BCUT2D eigenvalue weighted by Gasteiger charge is 2.28. The highest BCUT2D eigenvalue weighted by molar-refractivity contribution is 5.85.